The molecule has 0 aliphatic carbocycles. The third kappa shape index (κ3) is 6.36. The van der Waals surface area contributed by atoms with Crippen molar-refractivity contribution >= 4 is 0 Å². The standard InChI is InChI=1S/C10H21O/c1-3-5-6-7-10(4-2)8-9-11/h10H,3-9H2,1-2H3. The molecule has 1 unspecified atom stereocenters. The van der Waals surface area contributed by atoms with E-state index in [9.17, 15) is 5.11 Å². The van der Waals surface area contributed by atoms with E-state index in [-0.39, 0.29) is 6.61 Å². The summed E-state index contributed by atoms with van der Waals surface area (Å²) >= 11 is 0. The van der Waals surface area contributed by atoms with Gasteiger partial charge >= 0.3 is 0 Å². The van der Waals surface area contributed by atoms with Gasteiger partial charge in [-0.15, -0.1) is 0 Å². The lowest BCUT2D eigenvalue weighted by Gasteiger charge is -2.11. The molecular weight excluding hydrogens is 136 g/mol. The average Bonchev–Trinajstić information content (AvgIpc) is 2.03. The summed E-state index contributed by atoms with van der Waals surface area (Å²) in [6, 6.07) is 0. The molecule has 67 valence electrons. The van der Waals surface area contributed by atoms with Crippen LogP contribution in [0.4, 0.5) is 0 Å². The van der Waals surface area contributed by atoms with E-state index in [1.54, 1.807) is 0 Å². The van der Waals surface area contributed by atoms with Crippen molar-refractivity contribution in [1.82, 2.24) is 0 Å². The molecule has 0 bridgehead atoms. The van der Waals surface area contributed by atoms with Crippen LogP contribution in [-0.4, -0.2) is 6.61 Å². The number of rotatable bonds is 7. The quantitative estimate of drug-likeness (QED) is 0.505. The Bertz CT molecular complexity index is 71.3. The van der Waals surface area contributed by atoms with Gasteiger partial charge < -0.3 is 0 Å². The minimum absolute atomic E-state index is 0.116. The van der Waals surface area contributed by atoms with Crippen LogP contribution >= 0.6 is 0 Å². The predicted molar refractivity (Wildman–Crippen MR) is 48.1 cm³/mol. The molecule has 1 nitrogen and oxygen atoms in total. The van der Waals surface area contributed by atoms with Gasteiger partial charge in [0.15, 0.2) is 0 Å². The van der Waals surface area contributed by atoms with E-state index in [1.807, 2.05) is 0 Å². The van der Waals surface area contributed by atoms with E-state index in [4.69, 9.17) is 0 Å². The van der Waals surface area contributed by atoms with Crippen LogP contribution in [0.2, 0.25) is 0 Å². The summed E-state index contributed by atoms with van der Waals surface area (Å²) in [5.41, 5.74) is 0. The molecule has 0 rings (SSSR count). The zero-order valence-electron chi connectivity index (χ0n) is 7.94. The summed E-state index contributed by atoms with van der Waals surface area (Å²) in [7, 11) is 0. The molecule has 0 saturated heterocycles. The van der Waals surface area contributed by atoms with Gasteiger partial charge in [-0.05, 0) is 12.3 Å². The SMILES string of the molecule is CCCCCC(CC)CC[O]. The molecule has 0 saturated carbocycles. The molecule has 0 amide bonds. The normalized spacial score (nSPS) is 13.4. The summed E-state index contributed by atoms with van der Waals surface area (Å²) in [4.78, 5) is 0. The molecular formula is C10H21O. The maximum absolute atomic E-state index is 10.3. The number of hydrogen-bond acceptors (Lipinski definition) is 0. The third-order valence-corrected chi connectivity index (χ3v) is 2.32. The molecule has 0 N–H and O–H groups in total. The second-order valence-corrected chi connectivity index (χ2v) is 3.26. The topological polar surface area (TPSA) is 19.9 Å². The number of unbranched alkanes of at least 4 members (excludes halogenated alkanes) is 2. The lowest BCUT2D eigenvalue weighted by atomic mass is 9.96. The maximum atomic E-state index is 10.3. The summed E-state index contributed by atoms with van der Waals surface area (Å²) in [6.45, 7) is 4.52. The summed E-state index contributed by atoms with van der Waals surface area (Å²) in [5.74, 6) is 0.707. The first-order valence-corrected chi connectivity index (χ1v) is 4.93. The highest BCUT2D eigenvalue weighted by Gasteiger charge is 2.04. The van der Waals surface area contributed by atoms with Crippen LogP contribution in [0.25, 0.3) is 0 Å². The number of hydrogen-bond donors (Lipinski definition) is 0. The lowest BCUT2D eigenvalue weighted by molar-refractivity contribution is 0.166. The molecule has 0 aromatic carbocycles. The lowest BCUT2D eigenvalue weighted by Crippen LogP contribution is -2.00. The van der Waals surface area contributed by atoms with E-state index < -0.39 is 0 Å². The molecule has 0 fully saturated rings. The second kappa shape index (κ2) is 8.06. The minimum atomic E-state index is 0.116. The van der Waals surface area contributed by atoms with Gasteiger partial charge in [-0.2, -0.15) is 0 Å². The maximum Gasteiger partial charge on any atom is 0.0825 e. The summed E-state index contributed by atoms with van der Waals surface area (Å²) < 4.78 is 0. The van der Waals surface area contributed by atoms with Crippen LogP contribution < -0.4 is 0 Å². The Morgan fingerprint density at radius 3 is 2.27 bits per heavy atom. The van der Waals surface area contributed by atoms with Gasteiger partial charge in [-0.1, -0.05) is 46.0 Å². The van der Waals surface area contributed by atoms with Crippen molar-refractivity contribution in [2.24, 2.45) is 5.92 Å². The average molecular weight is 157 g/mol. The highest BCUT2D eigenvalue weighted by atomic mass is 16.3. The zero-order valence-corrected chi connectivity index (χ0v) is 7.94. The Labute approximate surface area is 70.8 Å². The molecule has 1 atom stereocenters. The van der Waals surface area contributed by atoms with E-state index in [1.165, 1.54) is 32.1 Å². The molecule has 0 spiro atoms. The van der Waals surface area contributed by atoms with Crippen LogP contribution in [0, 0.1) is 5.92 Å². The van der Waals surface area contributed by atoms with Crippen LogP contribution in [0.3, 0.4) is 0 Å². The Balaban J connectivity index is 3.20. The molecule has 0 aromatic rings. The van der Waals surface area contributed by atoms with Crippen molar-refractivity contribution in [1.29, 1.82) is 0 Å². The molecule has 1 radical (unpaired) electrons. The molecule has 0 heterocycles. The van der Waals surface area contributed by atoms with Crippen LogP contribution in [0.15, 0.2) is 0 Å². The summed E-state index contributed by atoms with van der Waals surface area (Å²) in [6.07, 6.45) is 7.27. The van der Waals surface area contributed by atoms with E-state index in [2.05, 4.69) is 13.8 Å². The van der Waals surface area contributed by atoms with Crippen molar-refractivity contribution in [3.8, 4) is 0 Å². The van der Waals surface area contributed by atoms with Crippen molar-refractivity contribution in [2.45, 2.75) is 52.4 Å². The fraction of sp³-hybridized carbons (Fsp3) is 1.00. The van der Waals surface area contributed by atoms with Gasteiger partial charge in [-0.25, -0.2) is 5.11 Å². The van der Waals surface area contributed by atoms with E-state index >= 15 is 0 Å². The first-order chi connectivity index (χ1) is 5.35. The monoisotopic (exact) mass is 157 g/mol. The zero-order chi connectivity index (χ0) is 8.53. The van der Waals surface area contributed by atoms with Gasteiger partial charge in [0.1, 0.15) is 0 Å². The molecule has 0 aliphatic rings. The minimum Gasteiger partial charge on any atom is -0.237 e. The highest BCUT2D eigenvalue weighted by Crippen LogP contribution is 2.16. The second-order valence-electron chi connectivity index (χ2n) is 3.26. The van der Waals surface area contributed by atoms with Gasteiger partial charge in [-0.3, -0.25) is 0 Å². The first kappa shape index (κ1) is 11.0. The first-order valence-electron chi connectivity index (χ1n) is 4.93. The molecule has 11 heavy (non-hydrogen) atoms. The van der Waals surface area contributed by atoms with Gasteiger partial charge in [0, 0.05) is 0 Å². The van der Waals surface area contributed by atoms with E-state index in [0.29, 0.717) is 5.92 Å². The fourth-order valence-electron chi connectivity index (χ4n) is 1.40. The Morgan fingerprint density at radius 1 is 1.09 bits per heavy atom. The Kier molecular flexibility index (Phi) is 8.03. The van der Waals surface area contributed by atoms with Crippen LogP contribution in [0.5, 0.6) is 0 Å². The Hall–Kier alpha value is -0.0400. The van der Waals surface area contributed by atoms with Crippen molar-refractivity contribution in [3.05, 3.63) is 0 Å². The molecule has 1 heteroatoms. The van der Waals surface area contributed by atoms with Crippen LogP contribution in [-0.2, 0) is 5.11 Å². The van der Waals surface area contributed by atoms with Crippen molar-refractivity contribution in [2.75, 3.05) is 6.61 Å². The third-order valence-electron chi connectivity index (χ3n) is 2.32. The summed E-state index contributed by atoms with van der Waals surface area (Å²) in [5, 5.41) is 10.3. The molecule has 0 aliphatic heterocycles. The Morgan fingerprint density at radius 2 is 1.82 bits per heavy atom. The predicted octanol–water partition coefficient (Wildman–Crippen LogP) is 3.41. The smallest absolute Gasteiger partial charge is 0.0825 e. The highest BCUT2D eigenvalue weighted by molar-refractivity contribution is 4.56. The van der Waals surface area contributed by atoms with E-state index in [0.717, 1.165) is 6.42 Å². The van der Waals surface area contributed by atoms with Crippen LogP contribution in [0.1, 0.15) is 52.4 Å². The van der Waals surface area contributed by atoms with Crippen molar-refractivity contribution < 1.29 is 5.11 Å². The van der Waals surface area contributed by atoms with Gasteiger partial charge in [0.05, 0.1) is 6.61 Å². The largest absolute Gasteiger partial charge is 0.237 e. The van der Waals surface area contributed by atoms with Gasteiger partial charge in [0.25, 0.3) is 0 Å². The van der Waals surface area contributed by atoms with Gasteiger partial charge in [0.2, 0.25) is 0 Å². The fourth-order valence-corrected chi connectivity index (χ4v) is 1.40. The van der Waals surface area contributed by atoms with Crippen molar-refractivity contribution in [3.63, 3.8) is 0 Å². The molecule has 0 aromatic heterocycles.